The van der Waals surface area contributed by atoms with Gasteiger partial charge in [-0.3, -0.25) is 0 Å². The molecule has 29 heavy (non-hydrogen) atoms. The summed E-state index contributed by atoms with van der Waals surface area (Å²) in [6, 6.07) is 26.2. The fourth-order valence-corrected chi connectivity index (χ4v) is 6.84. The Kier molecular flexibility index (Phi) is 3.98. The molecule has 0 bridgehead atoms. The molecule has 2 unspecified atom stereocenters. The molecule has 0 aromatic heterocycles. The van der Waals surface area contributed by atoms with Crippen LogP contribution in [0.3, 0.4) is 0 Å². The quantitative estimate of drug-likeness (QED) is 0.279. The summed E-state index contributed by atoms with van der Waals surface area (Å²) in [5, 5.41) is 5.27. The van der Waals surface area contributed by atoms with Gasteiger partial charge in [-0.15, -0.1) is 0 Å². The number of rotatable bonds is 2. The van der Waals surface area contributed by atoms with Crippen LogP contribution in [0.4, 0.5) is 0 Å². The highest BCUT2D eigenvalue weighted by atomic mass is 35.6. The highest BCUT2D eigenvalue weighted by Crippen LogP contribution is 2.57. The van der Waals surface area contributed by atoms with Gasteiger partial charge in [0.2, 0.25) is 0 Å². The van der Waals surface area contributed by atoms with Gasteiger partial charge in [-0.1, -0.05) is 108 Å². The highest BCUT2D eigenvalue weighted by molar-refractivity contribution is 6.67. The summed E-state index contributed by atoms with van der Waals surface area (Å²) in [5.74, 6) is 0.292. The second-order valence-electron chi connectivity index (χ2n) is 8.41. The minimum absolute atomic E-state index is 0.0940. The van der Waals surface area contributed by atoms with Crippen LogP contribution >= 0.6 is 34.8 Å². The molecule has 0 nitrogen and oxygen atoms in total. The van der Waals surface area contributed by atoms with Crippen molar-refractivity contribution in [2.45, 2.75) is 28.5 Å². The van der Waals surface area contributed by atoms with Gasteiger partial charge in [0, 0.05) is 5.92 Å². The molecule has 0 fully saturated rings. The van der Waals surface area contributed by atoms with E-state index in [1.54, 1.807) is 0 Å². The van der Waals surface area contributed by atoms with E-state index in [2.05, 4.69) is 72.8 Å². The molecule has 2 aliphatic carbocycles. The van der Waals surface area contributed by atoms with Crippen molar-refractivity contribution < 1.29 is 0 Å². The van der Waals surface area contributed by atoms with E-state index in [0.717, 1.165) is 12.8 Å². The molecule has 4 aromatic rings. The van der Waals surface area contributed by atoms with Gasteiger partial charge in [-0.05, 0) is 68.5 Å². The van der Waals surface area contributed by atoms with Gasteiger partial charge in [0.25, 0.3) is 0 Å². The van der Waals surface area contributed by atoms with Crippen molar-refractivity contribution in [3.63, 3.8) is 0 Å². The molecule has 0 heterocycles. The molecule has 0 saturated carbocycles. The Balaban J connectivity index is 1.53. The molecule has 144 valence electrons. The molecule has 0 radical (unpaired) electrons. The third kappa shape index (κ3) is 2.66. The summed E-state index contributed by atoms with van der Waals surface area (Å²) < 4.78 is -1.34. The van der Waals surface area contributed by atoms with E-state index in [4.69, 9.17) is 34.8 Å². The van der Waals surface area contributed by atoms with E-state index in [0.29, 0.717) is 0 Å². The van der Waals surface area contributed by atoms with E-state index in [1.165, 1.54) is 43.8 Å². The number of benzene rings is 4. The Morgan fingerprint density at radius 1 is 0.621 bits per heavy atom. The molecule has 2 atom stereocenters. The average Bonchev–Trinajstić information content (AvgIpc) is 3.24. The number of hydrogen-bond acceptors (Lipinski definition) is 0. The first-order valence-corrected chi connectivity index (χ1v) is 11.2. The van der Waals surface area contributed by atoms with Gasteiger partial charge in [0.1, 0.15) is 0 Å². The standard InChI is InChI=1S/C26H19Cl3/c27-26(28,29)25(21-13-17-9-1-5-15-7-3-11-19(21)23(15)17)22-14-18-10-2-6-16-8-4-12-20(22)24(16)18/h1-12,21-22,25H,13-14H2. The Hall–Kier alpha value is -1.73. The van der Waals surface area contributed by atoms with E-state index in [-0.39, 0.29) is 17.8 Å². The van der Waals surface area contributed by atoms with Gasteiger partial charge in [-0.25, -0.2) is 0 Å². The smallest absolute Gasteiger partial charge is 0.0833 e. The third-order valence-corrected chi connectivity index (χ3v) is 7.73. The van der Waals surface area contributed by atoms with Gasteiger partial charge in [0.15, 0.2) is 3.79 Å². The maximum atomic E-state index is 6.75. The Morgan fingerprint density at radius 3 is 1.45 bits per heavy atom. The average molecular weight is 438 g/mol. The monoisotopic (exact) mass is 436 g/mol. The third-order valence-electron chi connectivity index (χ3n) is 6.97. The van der Waals surface area contributed by atoms with Gasteiger partial charge < -0.3 is 0 Å². The molecule has 4 aromatic carbocycles. The first-order chi connectivity index (χ1) is 14.0. The fraction of sp³-hybridized carbons (Fsp3) is 0.231. The summed E-state index contributed by atoms with van der Waals surface area (Å²) in [5.41, 5.74) is 5.40. The summed E-state index contributed by atoms with van der Waals surface area (Å²) in [6.07, 6.45) is 1.86. The lowest BCUT2D eigenvalue weighted by Crippen LogP contribution is -2.32. The molecule has 0 aliphatic heterocycles. The number of halogens is 3. The minimum Gasteiger partial charge on any atom is -0.0833 e. The van der Waals surface area contributed by atoms with E-state index >= 15 is 0 Å². The van der Waals surface area contributed by atoms with Crippen LogP contribution in [0.2, 0.25) is 0 Å². The van der Waals surface area contributed by atoms with Crippen molar-refractivity contribution in [2.24, 2.45) is 5.92 Å². The van der Waals surface area contributed by atoms with Crippen molar-refractivity contribution in [2.75, 3.05) is 0 Å². The second-order valence-corrected chi connectivity index (χ2v) is 10.8. The normalized spacial score (nSPS) is 21.2. The molecule has 3 heteroatoms. The predicted octanol–water partition coefficient (Wildman–Crippen LogP) is 7.96. The first kappa shape index (κ1) is 18.1. The molecular weight excluding hydrogens is 419 g/mol. The zero-order chi connectivity index (χ0) is 19.8. The van der Waals surface area contributed by atoms with Crippen LogP contribution in [0.5, 0.6) is 0 Å². The van der Waals surface area contributed by atoms with Crippen molar-refractivity contribution in [3.05, 3.63) is 95.1 Å². The predicted molar refractivity (Wildman–Crippen MR) is 125 cm³/mol. The SMILES string of the molecule is ClC(Cl)(Cl)C(C1Cc2cccc3cccc1c23)C1Cc2cccc3cccc1c23. The largest absolute Gasteiger partial charge is 0.194 e. The summed E-state index contributed by atoms with van der Waals surface area (Å²) >= 11 is 20.2. The lowest BCUT2D eigenvalue weighted by atomic mass is 9.76. The maximum absolute atomic E-state index is 6.75. The van der Waals surface area contributed by atoms with Crippen molar-refractivity contribution in [1.29, 1.82) is 0 Å². The lowest BCUT2D eigenvalue weighted by Gasteiger charge is -2.36. The molecule has 0 amide bonds. The second kappa shape index (κ2) is 6.38. The molecule has 0 saturated heterocycles. The van der Waals surface area contributed by atoms with Gasteiger partial charge >= 0.3 is 0 Å². The summed E-state index contributed by atoms with van der Waals surface area (Å²) in [7, 11) is 0. The van der Waals surface area contributed by atoms with Crippen LogP contribution in [0, 0.1) is 5.92 Å². The first-order valence-electron chi connectivity index (χ1n) is 10.1. The van der Waals surface area contributed by atoms with Gasteiger partial charge in [-0.2, -0.15) is 0 Å². The van der Waals surface area contributed by atoms with Gasteiger partial charge in [0.05, 0.1) is 0 Å². The van der Waals surface area contributed by atoms with Crippen molar-refractivity contribution >= 4 is 56.3 Å². The highest BCUT2D eigenvalue weighted by Gasteiger charge is 2.48. The molecule has 0 spiro atoms. The maximum Gasteiger partial charge on any atom is 0.194 e. The van der Waals surface area contributed by atoms with Crippen LogP contribution in [0.1, 0.15) is 34.1 Å². The summed E-state index contributed by atoms with van der Waals surface area (Å²) in [6.45, 7) is 0. The Morgan fingerprint density at radius 2 is 1.03 bits per heavy atom. The molecule has 2 aliphatic rings. The zero-order valence-electron chi connectivity index (χ0n) is 15.7. The van der Waals surface area contributed by atoms with Crippen LogP contribution in [0.15, 0.2) is 72.8 Å². The topological polar surface area (TPSA) is 0 Å². The van der Waals surface area contributed by atoms with Crippen molar-refractivity contribution in [1.82, 2.24) is 0 Å². The zero-order valence-corrected chi connectivity index (χ0v) is 18.0. The van der Waals surface area contributed by atoms with Crippen LogP contribution in [0.25, 0.3) is 21.5 Å². The minimum atomic E-state index is -1.34. The Labute approximate surface area is 185 Å². The number of alkyl halides is 3. The summed E-state index contributed by atoms with van der Waals surface area (Å²) in [4.78, 5) is 0. The molecule has 6 rings (SSSR count). The number of hydrogen-bond donors (Lipinski definition) is 0. The van der Waals surface area contributed by atoms with E-state index < -0.39 is 3.79 Å². The van der Waals surface area contributed by atoms with E-state index in [1.807, 2.05) is 0 Å². The van der Waals surface area contributed by atoms with Crippen molar-refractivity contribution in [3.8, 4) is 0 Å². The fourth-order valence-electron chi connectivity index (χ4n) is 5.93. The van der Waals surface area contributed by atoms with E-state index in [9.17, 15) is 0 Å². The van der Waals surface area contributed by atoms with Crippen LogP contribution in [-0.2, 0) is 12.8 Å². The van der Waals surface area contributed by atoms with Crippen LogP contribution < -0.4 is 0 Å². The molecular formula is C26H19Cl3. The molecule has 0 N–H and O–H groups in total. The Bertz CT molecular complexity index is 1160. The van der Waals surface area contributed by atoms with Crippen LogP contribution in [-0.4, -0.2) is 3.79 Å². The lowest BCUT2D eigenvalue weighted by molar-refractivity contribution is 0.362.